The molecule has 2 aliphatic heterocycles. The molecule has 2 saturated heterocycles. The molecule has 3 rings (SSSR count). The maximum Gasteiger partial charge on any atom is 0.146 e. The molecule has 0 spiro atoms. The molecule has 0 aromatic heterocycles. The standard InChI is InChI=1S/C17H26FN3/c18-16-6-4-5-14(17(16)19)13-20-11-7-15(8-12-20)21-9-2-1-3-10-21/h4-6,15H,1-3,7-13,19H2. The smallest absolute Gasteiger partial charge is 0.146 e. The third kappa shape index (κ3) is 3.55. The highest BCUT2D eigenvalue weighted by atomic mass is 19.1. The second-order valence-corrected chi connectivity index (χ2v) is 6.42. The van der Waals surface area contributed by atoms with Gasteiger partial charge in [-0.2, -0.15) is 0 Å². The summed E-state index contributed by atoms with van der Waals surface area (Å²) in [5, 5.41) is 0. The molecule has 1 aromatic rings. The molecule has 21 heavy (non-hydrogen) atoms. The number of hydrogen-bond acceptors (Lipinski definition) is 3. The van der Waals surface area contributed by atoms with Gasteiger partial charge in [0.1, 0.15) is 5.82 Å². The van der Waals surface area contributed by atoms with E-state index in [0.717, 1.165) is 31.2 Å². The minimum atomic E-state index is -0.296. The summed E-state index contributed by atoms with van der Waals surface area (Å²) in [4.78, 5) is 5.09. The van der Waals surface area contributed by atoms with Gasteiger partial charge in [0.05, 0.1) is 5.69 Å². The molecule has 0 amide bonds. The molecule has 2 fully saturated rings. The van der Waals surface area contributed by atoms with Crippen molar-refractivity contribution in [2.45, 2.75) is 44.7 Å². The first-order chi connectivity index (χ1) is 10.2. The Morgan fingerprint density at radius 2 is 1.76 bits per heavy atom. The lowest BCUT2D eigenvalue weighted by Crippen LogP contribution is -2.46. The number of nitrogens with zero attached hydrogens (tertiary/aromatic N) is 2. The average molecular weight is 291 g/mol. The van der Waals surface area contributed by atoms with Crippen molar-refractivity contribution in [1.29, 1.82) is 0 Å². The molecule has 0 aliphatic carbocycles. The Morgan fingerprint density at radius 3 is 2.48 bits per heavy atom. The quantitative estimate of drug-likeness (QED) is 0.869. The van der Waals surface area contributed by atoms with E-state index in [1.807, 2.05) is 6.07 Å². The largest absolute Gasteiger partial charge is 0.396 e. The van der Waals surface area contributed by atoms with E-state index in [0.29, 0.717) is 5.69 Å². The molecular weight excluding hydrogens is 265 g/mol. The molecular formula is C17H26FN3. The summed E-state index contributed by atoms with van der Waals surface area (Å²) < 4.78 is 13.5. The Bertz CT molecular complexity index is 463. The predicted molar refractivity (Wildman–Crippen MR) is 84.5 cm³/mol. The third-order valence-corrected chi connectivity index (χ3v) is 5.00. The lowest BCUT2D eigenvalue weighted by molar-refractivity contribution is 0.0897. The number of para-hydroxylation sites is 1. The maximum absolute atomic E-state index is 13.5. The van der Waals surface area contributed by atoms with Crippen LogP contribution in [0.4, 0.5) is 10.1 Å². The second kappa shape index (κ2) is 6.75. The minimum absolute atomic E-state index is 0.296. The highest BCUT2D eigenvalue weighted by Gasteiger charge is 2.25. The van der Waals surface area contributed by atoms with Crippen LogP contribution in [0.15, 0.2) is 18.2 Å². The van der Waals surface area contributed by atoms with Gasteiger partial charge in [-0.15, -0.1) is 0 Å². The predicted octanol–water partition coefficient (Wildman–Crippen LogP) is 2.86. The summed E-state index contributed by atoms with van der Waals surface area (Å²) >= 11 is 0. The molecule has 0 unspecified atom stereocenters. The zero-order valence-electron chi connectivity index (χ0n) is 12.7. The van der Waals surface area contributed by atoms with Gasteiger partial charge < -0.3 is 10.6 Å². The van der Waals surface area contributed by atoms with Crippen LogP contribution < -0.4 is 5.73 Å². The molecule has 116 valence electrons. The Morgan fingerprint density at radius 1 is 1.05 bits per heavy atom. The van der Waals surface area contributed by atoms with Crippen molar-refractivity contribution in [1.82, 2.24) is 9.80 Å². The number of anilines is 1. The molecule has 2 aliphatic rings. The fourth-order valence-electron chi connectivity index (χ4n) is 3.69. The normalized spacial score (nSPS) is 22.5. The van der Waals surface area contributed by atoms with E-state index >= 15 is 0 Å². The van der Waals surface area contributed by atoms with Gasteiger partial charge in [0.25, 0.3) is 0 Å². The fraction of sp³-hybridized carbons (Fsp3) is 0.647. The van der Waals surface area contributed by atoms with Crippen LogP contribution in [0.2, 0.25) is 0 Å². The van der Waals surface area contributed by atoms with Crippen molar-refractivity contribution in [2.24, 2.45) is 0 Å². The number of nitrogens with two attached hydrogens (primary N) is 1. The van der Waals surface area contributed by atoms with Crippen molar-refractivity contribution >= 4 is 5.69 Å². The first-order valence-electron chi connectivity index (χ1n) is 8.23. The van der Waals surface area contributed by atoms with Crippen LogP contribution in [-0.2, 0) is 6.54 Å². The Hall–Kier alpha value is -1.13. The van der Waals surface area contributed by atoms with Gasteiger partial charge in [-0.1, -0.05) is 18.6 Å². The van der Waals surface area contributed by atoms with Crippen LogP contribution in [-0.4, -0.2) is 42.0 Å². The molecule has 0 radical (unpaired) electrons. The number of likely N-dealkylation sites (tertiary alicyclic amines) is 2. The second-order valence-electron chi connectivity index (χ2n) is 6.42. The summed E-state index contributed by atoms with van der Waals surface area (Å²) in [7, 11) is 0. The number of halogens is 1. The SMILES string of the molecule is Nc1c(F)cccc1CN1CCC(N2CCCCC2)CC1. The molecule has 1 aromatic carbocycles. The highest BCUT2D eigenvalue weighted by molar-refractivity contribution is 5.47. The first-order valence-corrected chi connectivity index (χ1v) is 8.23. The summed E-state index contributed by atoms with van der Waals surface area (Å²) in [5.74, 6) is -0.296. The van der Waals surface area contributed by atoms with Crippen LogP contribution in [0.5, 0.6) is 0 Å². The van der Waals surface area contributed by atoms with Gasteiger partial charge in [0, 0.05) is 12.6 Å². The molecule has 0 atom stereocenters. The first kappa shape index (κ1) is 14.8. The lowest BCUT2D eigenvalue weighted by Gasteiger charge is -2.40. The van der Waals surface area contributed by atoms with E-state index in [-0.39, 0.29) is 5.82 Å². The topological polar surface area (TPSA) is 32.5 Å². The number of rotatable bonds is 3. The van der Waals surface area contributed by atoms with Crippen molar-refractivity contribution in [2.75, 3.05) is 31.9 Å². The van der Waals surface area contributed by atoms with Gasteiger partial charge in [-0.05, 0) is 63.5 Å². The Balaban J connectivity index is 1.52. The van der Waals surface area contributed by atoms with E-state index in [1.54, 1.807) is 6.07 Å². The number of piperidine rings is 2. The molecule has 0 saturated carbocycles. The average Bonchev–Trinajstić information content (AvgIpc) is 2.53. The lowest BCUT2D eigenvalue weighted by atomic mass is 9.99. The van der Waals surface area contributed by atoms with E-state index in [4.69, 9.17) is 5.73 Å². The summed E-state index contributed by atoms with van der Waals surface area (Å²) in [6.07, 6.45) is 6.58. The third-order valence-electron chi connectivity index (χ3n) is 5.00. The molecule has 2 heterocycles. The molecule has 0 bridgehead atoms. The van der Waals surface area contributed by atoms with Crippen LogP contribution in [0.1, 0.15) is 37.7 Å². The van der Waals surface area contributed by atoms with Gasteiger partial charge in [0.2, 0.25) is 0 Å². The molecule has 4 heteroatoms. The van der Waals surface area contributed by atoms with Crippen LogP contribution in [0, 0.1) is 5.82 Å². The van der Waals surface area contributed by atoms with Gasteiger partial charge in [-0.3, -0.25) is 4.90 Å². The minimum Gasteiger partial charge on any atom is -0.396 e. The van der Waals surface area contributed by atoms with E-state index in [2.05, 4.69) is 9.80 Å². The van der Waals surface area contributed by atoms with Crippen LogP contribution in [0.3, 0.4) is 0 Å². The summed E-state index contributed by atoms with van der Waals surface area (Å²) in [6.45, 7) is 5.52. The maximum atomic E-state index is 13.5. The Kier molecular flexibility index (Phi) is 4.76. The van der Waals surface area contributed by atoms with Gasteiger partial charge in [-0.25, -0.2) is 4.39 Å². The van der Waals surface area contributed by atoms with Gasteiger partial charge >= 0.3 is 0 Å². The van der Waals surface area contributed by atoms with Crippen molar-refractivity contribution in [3.05, 3.63) is 29.6 Å². The molecule has 3 nitrogen and oxygen atoms in total. The van der Waals surface area contributed by atoms with Crippen molar-refractivity contribution in [3.63, 3.8) is 0 Å². The van der Waals surface area contributed by atoms with E-state index < -0.39 is 0 Å². The number of nitrogen functional groups attached to an aromatic ring is 1. The molecule has 2 N–H and O–H groups in total. The monoisotopic (exact) mass is 291 g/mol. The van der Waals surface area contributed by atoms with E-state index in [9.17, 15) is 4.39 Å². The van der Waals surface area contributed by atoms with Crippen molar-refractivity contribution in [3.8, 4) is 0 Å². The summed E-state index contributed by atoms with van der Waals surface area (Å²) in [6, 6.07) is 5.88. The zero-order valence-corrected chi connectivity index (χ0v) is 12.7. The summed E-state index contributed by atoms with van der Waals surface area (Å²) in [5.41, 5.74) is 7.07. The van der Waals surface area contributed by atoms with Crippen LogP contribution in [0.25, 0.3) is 0 Å². The zero-order chi connectivity index (χ0) is 14.7. The van der Waals surface area contributed by atoms with Gasteiger partial charge in [0.15, 0.2) is 0 Å². The number of benzene rings is 1. The van der Waals surface area contributed by atoms with Crippen LogP contribution >= 0.6 is 0 Å². The van der Waals surface area contributed by atoms with Crippen molar-refractivity contribution < 1.29 is 4.39 Å². The highest BCUT2D eigenvalue weighted by Crippen LogP contribution is 2.23. The fourth-order valence-corrected chi connectivity index (χ4v) is 3.69. The van der Waals surface area contributed by atoms with E-state index in [1.165, 1.54) is 51.3 Å². The number of hydrogen-bond donors (Lipinski definition) is 1. The Labute approximate surface area is 126 Å².